The summed E-state index contributed by atoms with van der Waals surface area (Å²) in [6.45, 7) is 4.35. The lowest BCUT2D eigenvalue weighted by atomic mass is 10.1. The summed E-state index contributed by atoms with van der Waals surface area (Å²) in [4.78, 5) is 28.6. The molecule has 0 fully saturated rings. The number of hydrogen-bond acceptors (Lipinski definition) is 3. The van der Waals surface area contributed by atoms with Crippen molar-refractivity contribution in [1.82, 2.24) is 20.5 Å². The Hall–Kier alpha value is -3.40. The van der Waals surface area contributed by atoms with Gasteiger partial charge in [-0.15, -0.1) is 0 Å². The molecule has 3 rings (SSSR count). The molecule has 2 N–H and O–H groups in total. The highest BCUT2D eigenvalue weighted by molar-refractivity contribution is 6.31. The van der Waals surface area contributed by atoms with Crippen LogP contribution < -0.4 is 10.6 Å². The monoisotopic (exact) mass is 554 g/mol. The molecule has 0 saturated carbocycles. The van der Waals surface area contributed by atoms with Crippen LogP contribution in [-0.4, -0.2) is 47.4 Å². The van der Waals surface area contributed by atoms with E-state index in [9.17, 15) is 27.2 Å². The number of aromatic nitrogens is 1. The first kappa shape index (κ1) is 30.8. The zero-order valence-corrected chi connectivity index (χ0v) is 22.4. The van der Waals surface area contributed by atoms with Gasteiger partial charge < -0.3 is 15.5 Å². The summed E-state index contributed by atoms with van der Waals surface area (Å²) >= 11 is 5.82. The highest BCUT2D eigenvalue weighted by Gasteiger charge is 2.34. The van der Waals surface area contributed by atoms with Crippen molar-refractivity contribution in [3.63, 3.8) is 0 Å². The van der Waals surface area contributed by atoms with Crippen molar-refractivity contribution in [2.75, 3.05) is 13.6 Å². The number of fused-ring (bicyclic) bond motifs is 1. The van der Waals surface area contributed by atoms with E-state index in [1.807, 2.05) is 13.0 Å². The number of aryl methyl sites for hydroxylation is 1. The molecule has 1 heterocycles. The molecule has 1 aromatic heterocycles. The van der Waals surface area contributed by atoms with Gasteiger partial charge in [-0.2, -0.15) is 0 Å². The first-order valence-corrected chi connectivity index (χ1v) is 12.3. The van der Waals surface area contributed by atoms with Crippen LogP contribution in [0.5, 0.6) is 0 Å². The topological polar surface area (TPSA) is 74.3 Å². The molecule has 11 heteroatoms. The van der Waals surface area contributed by atoms with Gasteiger partial charge in [-0.1, -0.05) is 30.7 Å². The van der Waals surface area contributed by atoms with Crippen molar-refractivity contribution >= 4 is 34.3 Å². The Kier molecular flexibility index (Phi) is 11.3. The average Bonchev–Trinajstić information content (AvgIpc) is 2.86. The fourth-order valence-corrected chi connectivity index (χ4v) is 3.66. The molecule has 1 unspecified atom stereocenters. The van der Waals surface area contributed by atoms with E-state index in [-0.39, 0.29) is 36.3 Å². The van der Waals surface area contributed by atoms with E-state index in [4.69, 9.17) is 11.6 Å². The minimum atomic E-state index is -2.97. The summed E-state index contributed by atoms with van der Waals surface area (Å²) < 4.78 is 53.7. The van der Waals surface area contributed by atoms with E-state index in [2.05, 4.69) is 15.6 Å². The standard InChI is InChI=1S/C17H23ClF3N3O2.C10H8FN/c1-4-17(20,21)8-13(10-22-11(2)25)24(3)16(26)23-9-12-6-5-7-14(19)15(12)18;1-7-4-9-5-10(11)3-2-8(9)6-12-7/h5-7,13H,4,8-10H2,1-3H3,(H,22,25)(H,23,26);2-6H,1H3. The number of nitrogens with one attached hydrogen (secondary N) is 2. The Bertz CT molecular complexity index is 1220. The minimum absolute atomic E-state index is 0.0587. The van der Waals surface area contributed by atoms with Gasteiger partial charge in [-0.25, -0.2) is 22.4 Å². The summed E-state index contributed by atoms with van der Waals surface area (Å²) in [7, 11) is 1.36. The summed E-state index contributed by atoms with van der Waals surface area (Å²) in [6.07, 6.45) is 0.788. The maximum atomic E-state index is 13.8. The summed E-state index contributed by atoms with van der Waals surface area (Å²) in [5.74, 6) is -4.16. The Labute approximate surface area is 224 Å². The van der Waals surface area contributed by atoms with Crippen LogP contribution in [0.1, 0.15) is 37.9 Å². The van der Waals surface area contributed by atoms with E-state index in [0.29, 0.717) is 5.56 Å². The number of alkyl halides is 2. The van der Waals surface area contributed by atoms with E-state index in [0.717, 1.165) is 21.4 Å². The third-order valence-electron chi connectivity index (χ3n) is 5.79. The van der Waals surface area contributed by atoms with Gasteiger partial charge in [0, 0.05) is 57.2 Å². The van der Waals surface area contributed by atoms with Crippen LogP contribution in [0.15, 0.2) is 48.7 Å². The van der Waals surface area contributed by atoms with Crippen LogP contribution in [0.25, 0.3) is 10.8 Å². The highest BCUT2D eigenvalue weighted by atomic mass is 35.5. The van der Waals surface area contributed by atoms with Gasteiger partial charge in [0.15, 0.2) is 0 Å². The molecule has 0 aliphatic carbocycles. The molecule has 2 aromatic carbocycles. The third-order valence-corrected chi connectivity index (χ3v) is 6.21. The van der Waals surface area contributed by atoms with Crippen molar-refractivity contribution in [3.05, 3.63) is 76.6 Å². The number of carbonyl (C=O) groups excluding carboxylic acids is 2. The van der Waals surface area contributed by atoms with Crippen LogP contribution >= 0.6 is 11.6 Å². The average molecular weight is 555 g/mol. The molecular weight excluding hydrogens is 524 g/mol. The number of hydrogen-bond donors (Lipinski definition) is 2. The van der Waals surface area contributed by atoms with E-state index < -0.39 is 30.2 Å². The van der Waals surface area contributed by atoms with E-state index >= 15 is 0 Å². The molecule has 3 aromatic rings. The second-order valence-electron chi connectivity index (χ2n) is 8.80. The zero-order valence-electron chi connectivity index (χ0n) is 21.6. The highest BCUT2D eigenvalue weighted by Crippen LogP contribution is 2.26. The lowest BCUT2D eigenvalue weighted by molar-refractivity contribution is -0.119. The fourth-order valence-electron chi connectivity index (χ4n) is 3.46. The summed E-state index contributed by atoms with van der Waals surface area (Å²) in [5.41, 5.74) is 1.28. The number of pyridine rings is 1. The van der Waals surface area contributed by atoms with Crippen LogP contribution in [0.3, 0.4) is 0 Å². The number of nitrogens with zero attached hydrogens (tertiary/aromatic N) is 2. The van der Waals surface area contributed by atoms with Gasteiger partial charge >= 0.3 is 6.03 Å². The van der Waals surface area contributed by atoms with Gasteiger partial charge in [0.1, 0.15) is 11.6 Å². The smallest absolute Gasteiger partial charge is 0.317 e. The molecule has 0 aliphatic heterocycles. The second kappa shape index (κ2) is 13.9. The van der Waals surface area contributed by atoms with Gasteiger partial charge in [0.2, 0.25) is 11.8 Å². The number of halogens is 5. The first-order chi connectivity index (χ1) is 17.8. The van der Waals surface area contributed by atoms with Crippen LogP contribution in [0.2, 0.25) is 5.02 Å². The van der Waals surface area contributed by atoms with E-state index in [1.54, 1.807) is 18.3 Å². The van der Waals surface area contributed by atoms with Crippen LogP contribution in [-0.2, 0) is 11.3 Å². The summed E-state index contributed by atoms with van der Waals surface area (Å²) in [5, 5.41) is 6.74. The molecule has 3 amide bonds. The molecule has 0 saturated heterocycles. The lowest BCUT2D eigenvalue weighted by Gasteiger charge is -2.31. The van der Waals surface area contributed by atoms with Gasteiger partial charge in [0.05, 0.1) is 11.1 Å². The van der Waals surface area contributed by atoms with Crippen LogP contribution in [0.4, 0.5) is 22.4 Å². The molecule has 1 atom stereocenters. The zero-order chi connectivity index (χ0) is 28.5. The largest absolute Gasteiger partial charge is 0.354 e. The quantitative estimate of drug-likeness (QED) is 0.324. The maximum absolute atomic E-state index is 13.8. The van der Waals surface area contributed by atoms with Crippen LogP contribution in [0, 0.1) is 18.6 Å². The molecule has 0 aliphatic rings. The van der Waals surface area contributed by atoms with Gasteiger partial charge in [-0.05, 0) is 48.2 Å². The normalized spacial score (nSPS) is 11.8. The Morgan fingerprint density at radius 3 is 2.47 bits per heavy atom. The van der Waals surface area contributed by atoms with Gasteiger partial charge in [0.25, 0.3) is 0 Å². The molecule has 0 radical (unpaired) electrons. The van der Waals surface area contributed by atoms with Crippen molar-refractivity contribution in [2.24, 2.45) is 0 Å². The number of amides is 3. The molecular formula is C27H31ClF4N4O2. The summed E-state index contributed by atoms with van der Waals surface area (Å²) in [6, 6.07) is 9.22. The number of likely N-dealkylation sites (N-methyl/N-ethyl adjacent to an activating group) is 1. The number of rotatable bonds is 8. The molecule has 6 nitrogen and oxygen atoms in total. The predicted molar refractivity (Wildman–Crippen MR) is 140 cm³/mol. The number of benzene rings is 2. The third kappa shape index (κ3) is 9.48. The Morgan fingerprint density at radius 1 is 1.11 bits per heavy atom. The predicted octanol–water partition coefficient (Wildman–Crippen LogP) is 6.24. The second-order valence-corrected chi connectivity index (χ2v) is 9.18. The number of carbonyl (C=O) groups is 2. The maximum Gasteiger partial charge on any atom is 0.317 e. The first-order valence-electron chi connectivity index (χ1n) is 11.9. The van der Waals surface area contributed by atoms with Gasteiger partial charge in [-0.3, -0.25) is 9.78 Å². The molecule has 38 heavy (non-hydrogen) atoms. The lowest BCUT2D eigenvalue weighted by Crippen LogP contribution is -2.50. The van der Waals surface area contributed by atoms with E-state index in [1.165, 1.54) is 45.2 Å². The van der Waals surface area contributed by atoms with Crippen molar-refractivity contribution < 1.29 is 27.2 Å². The molecule has 0 spiro atoms. The van der Waals surface area contributed by atoms with Crippen molar-refractivity contribution in [3.8, 4) is 0 Å². The molecule has 0 bridgehead atoms. The Balaban J connectivity index is 0.000000347. The Morgan fingerprint density at radius 2 is 1.82 bits per heavy atom. The number of urea groups is 1. The molecule has 206 valence electrons. The SMILES string of the molecule is CCC(F)(F)CC(CNC(C)=O)N(C)C(=O)NCc1cccc(F)c1Cl.Cc1cc2cc(F)ccc2cn1. The fraction of sp³-hybridized carbons (Fsp3) is 0.370. The minimum Gasteiger partial charge on any atom is -0.354 e. The van der Waals surface area contributed by atoms with Crippen molar-refractivity contribution in [2.45, 2.75) is 52.1 Å². The van der Waals surface area contributed by atoms with Crippen molar-refractivity contribution in [1.29, 1.82) is 0 Å².